The van der Waals surface area contributed by atoms with E-state index in [0.29, 0.717) is 19.5 Å². The Hall–Kier alpha value is -1.92. The number of amides is 1. The first-order valence-corrected chi connectivity index (χ1v) is 9.39. The number of fused-ring (bicyclic) bond motifs is 1. The van der Waals surface area contributed by atoms with E-state index in [9.17, 15) is 4.79 Å². The summed E-state index contributed by atoms with van der Waals surface area (Å²) in [4.78, 5) is 14.6. The Morgan fingerprint density at radius 2 is 2.12 bits per heavy atom. The molecule has 1 N–H and O–H groups in total. The lowest BCUT2D eigenvalue weighted by molar-refractivity contribution is -0.122. The molecule has 2 heterocycles. The summed E-state index contributed by atoms with van der Waals surface area (Å²) >= 11 is 0. The maximum absolute atomic E-state index is 12.4. The van der Waals surface area contributed by atoms with Gasteiger partial charge >= 0.3 is 0 Å². The Bertz CT molecular complexity index is 747. The van der Waals surface area contributed by atoms with Crippen LogP contribution in [0, 0.1) is 12.3 Å². The molecule has 6 heteroatoms. The lowest BCUT2D eigenvalue weighted by Gasteiger charge is -2.39. The minimum absolute atomic E-state index is 0.0883. The summed E-state index contributed by atoms with van der Waals surface area (Å²) in [6.45, 7) is 5.92. The van der Waals surface area contributed by atoms with Crippen molar-refractivity contribution in [2.24, 2.45) is 5.41 Å². The molecular formula is C20H30N4O2. The number of ether oxygens (including phenoxy) is 1. The van der Waals surface area contributed by atoms with Crippen LogP contribution < -0.4 is 5.32 Å². The normalized spacial score (nSPS) is 16.9. The van der Waals surface area contributed by atoms with E-state index in [0.717, 1.165) is 43.5 Å². The highest BCUT2D eigenvalue weighted by Gasteiger charge is 2.33. The maximum Gasteiger partial charge on any atom is 0.221 e. The Labute approximate surface area is 155 Å². The van der Waals surface area contributed by atoms with Gasteiger partial charge in [-0.3, -0.25) is 9.48 Å². The molecule has 0 spiro atoms. The minimum atomic E-state index is 0.0883. The average molecular weight is 358 g/mol. The third-order valence-corrected chi connectivity index (χ3v) is 5.21. The molecule has 1 saturated heterocycles. The van der Waals surface area contributed by atoms with Crippen LogP contribution in [0.2, 0.25) is 0 Å². The molecule has 6 nitrogen and oxygen atoms in total. The fourth-order valence-corrected chi connectivity index (χ4v) is 3.83. The standard InChI is InChI=1S/C20H30N4O2/c1-16-4-5-18-17(12-16)13-22-24(18)9-6-19(25)21-14-20(15-23(2)3)7-10-26-11-8-20/h4-5,12-13H,6-11,14-15H2,1-3H3,(H,21,25). The number of aryl methyl sites for hydroxylation is 2. The first-order valence-electron chi connectivity index (χ1n) is 9.39. The molecular weight excluding hydrogens is 328 g/mol. The molecule has 1 aromatic carbocycles. The number of aromatic nitrogens is 2. The number of carbonyl (C=O) groups excluding carboxylic acids is 1. The smallest absolute Gasteiger partial charge is 0.221 e. The molecule has 26 heavy (non-hydrogen) atoms. The summed E-state index contributed by atoms with van der Waals surface area (Å²) in [5.74, 6) is 0.0883. The summed E-state index contributed by atoms with van der Waals surface area (Å²) in [7, 11) is 4.17. The van der Waals surface area contributed by atoms with Gasteiger partial charge in [0, 0.05) is 43.5 Å². The fraction of sp³-hybridized carbons (Fsp3) is 0.600. The second kappa shape index (κ2) is 8.18. The van der Waals surface area contributed by atoms with Crippen molar-refractivity contribution in [3.63, 3.8) is 0 Å². The number of nitrogens with one attached hydrogen (secondary N) is 1. The molecule has 0 bridgehead atoms. The zero-order valence-corrected chi connectivity index (χ0v) is 16.1. The highest BCUT2D eigenvalue weighted by Crippen LogP contribution is 2.30. The van der Waals surface area contributed by atoms with Crippen LogP contribution in [0.4, 0.5) is 0 Å². The van der Waals surface area contributed by atoms with E-state index >= 15 is 0 Å². The van der Waals surface area contributed by atoms with Gasteiger partial charge in [-0.15, -0.1) is 0 Å². The van der Waals surface area contributed by atoms with E-state index in [1.807, 2.05) is 10.9 Å². The van der Waals surface area contributed by atoms with Crippen LogP contribution in [0.1, 0.15) is 24.8 Å². The second-order valence-electron chi connectivity index (χ2n) is 7.81. The molecule has 0 atom stereocenters. The molecule has 1 amide bonds. The number of nitrogens with zero attached hydrogens (tertiary/aromatic N) is 3. The van der Waals surface area contributed by atoms with Crippen molar-refractivity contribution < 1.29 is 9.53 Å². The molecule has 1 aromatic heterocycles. The number of hydrogen-bond donors (Lipinski definition) is 1. The predicted octanol–water partition coefficient (Wildman–Crippen LogP) is 2.21. The fourth-order valence-electron chi connectivity index (χ4n) is 3.83. The van der Waals surface area contributed by atoms with Crippen molar-refractivity contribution in [3.05, 3.63) is 30.0 Å². The predicted molar refractivity (Wildman–Crippen MR) is 103 cm³/mol. The molecule has 3 rings (SSSR count). The van der Waals surface area contributed by atoms with Gasteiger partial charge in [-0.2, -0.15) is 5.10 Å². The molecule has 0 radical (unpaired) electrons. The molecule has 142 valence electrons. The third-order valence-electron chi connectivity index (χ3n) is 5.21. The molecule has 2 aromatic rings. The summed E-state index contributed by atoms with van der Waals surface area (Å²) in [6, 6.07) is 6.27. The highest BCUT2D eigenvalue weighted by molar-refractivity contribution is 5.80. The van der Waals surface area contributed by atoms with Crippen molar-refractivity contribution in [2.75, 3.05) is 40.4 Å². The Morgan fingerprint density at radius 3 is 2.85 bits per heavy atom. The topological polar surface area (TPSA) is 59.4 Å². The zero-order valence-electron chi connectivity index (χ0n) is 16.1. The number of benzene rings is 1. The van der Waals surface area contributed by atoms with Crippen LogP contribution in [0.5, 0.6) is 0 Å². The highest BCUT2D eigenvalue weighted by atomic mass is 16.5. The third kappa shape index (κ3) is 4.62. The largest absolute Gasteiger partial charge is 0.381 e. The molecule has 0 saturated carbocycles. The average Bonchev–Trinajstić information content (AvgIpc) is 3.00. The van der Waals surface area contributed by atoms with Gasteiger partial charge in [-0.05, 0) is 46.0 Å². The summed E-state index contributed by atoms with van der Waals surface area (Å²) in [6.07, 6.45) is 4.30. The Balaban J connectivity index is 1.54. The van der Waals surface area contributed by atoms with E-state index in [1.54, 1.807) is 0 Å². The van der Waals surface area contributed by atoms with Gasteiger partial charge in [0.25, 0.3) is 0 Å². The van der Waals surface area contributed by atoms with Crippen LogP contribution in [0.15, 0.2) is 24.4 Å². The molecule has 0 aliphatic carbocycles. The summed E-state index contributed by atoms with van der Waals surface area (Å²) in [5, 5.41) is 8.70. The van der Waals surface area contributed by atoms with Crippen molar-refractivity contribution >= 4 is 16.8 Å². The Morgan fingerprint density at radius 1 is 1.35 bits per heavy atom. The number of rotatable bonds is 7. The quantitative estimate of drug-likeness (QED) is 0.824. The van der Waals surface area contributed by atoms with Crippen LogP contribution in [-0.2, 0) is 16.1 Å². The lowest BCUT2D eigenvalue weighted by Crippen LogP contribution is -2.47. The SMILES string of the molecule is Cc1ccc2c(cnn2CCC(=O)NCC2(CN(C)C)CCOCC2)c1. The van der Waals surface area contributed by atoms with E-state index < -0.39 is 0 Å². The summed E-state index contributed by atoms with van der Waals surface area (Å²) < 4.78 is 7.43. The zero-order chi connectivity index (χ0) is 18.6. The monoisotopic (exact) mass is 358 g/mol. The van der Waals surface area contributed by atoms with Crippen molar-refractivity contribution in [3.8, 4) is 0 Å². The minimum Gasteiger partial charge on any atom is -0.381 e. The van der Waals surface area contributed by atoms with Gasteiger partial charge in [0.05, 0.1) is 18.3 Å². The lowest BCUT2D eigenvalue weighted by atomic mass is 9.79. The van der Waals surface area contributed by atoms with Crippen LogP contribution in [-0.4, -0.2) is 61.0 Å². The molecule has 1 fully saturated rings. The number of carbonyl (C=O) groups is 1. The maximum atomic E-state index is 12.4. The first kappa shape index (κ1) is 18.9. The van der Waals surface area contributed by atoms with Gasteiger partial charge in [0.1, 0.15) is 0 Å². The summed E-state index contributed by atoms with van der Waals surface area (Å²) in [5.41, 5.74) is 2.42. The molecule has 1 aliphatic rings. The van der Waals surface area contributed by atoms with Gasteiger partial charge in [0.2, 0.25) is 5.91 Å². The van der Waals surface area contributed by atoms with Gasteiger partial charge in [-0.1, -0.05) is 11.6 Å². The molecule has 0 unspecified atom stereocenters. The van der Waals surface area contributed by atoms with Crippen LogP contribution >= 0.6 is 0 Å². The van der Waals surface area contributed by atoms with Gasteiger partial charge < -0.3 is 15.0 Å². The van der Waals surface area contributed by atoms with E-state index in [2.05, 4.69) is 54.5 Å². The van der Waals surface area contributed by atoms with Crippen molar-refractivity contribution in [1.82, 2.24) is 20.0 Å². The molecule has 1 aliphatic heterocycles. The van der Waals surface area contributed by atoms with Gasteiger partial charge in [0.15, 0.2) is 0 Å². The Kier molecular flexibility index (Phi) is 5.94. The van der Waals surface area contributed by atoms with E-state index in [-0.39, 0.29) is 11.3 Å². The first-order chi connectivity index (χ1) is 12.5. The van der Waals surface area contributed by atoms with Crippen LogP contribution in [0.25, 0.3) is 10.9 Å². The van der Waals surface area contributed by atoms with E-state index in [4.69, 9.17) is 4.74 Å². The van der Waals surface area contributed by atoms with E-state index in [1.165, 1.54) is 5.56 Å². The van der Waals surface area contributed by atoms with Crippen LogP contribution in [0.3, 0.4) is 0 Å². The second-order valence-corrected chi connectivity index (χ2v) is 7.81. The number of hydrogen-bond acceptors (Lipinski definition) is 4. The van der Waals surface area contributed by atoms with Crippen molar-refractivity contribution in [1.29, 1.82) is 0 Å². The van der Waals surface area contributed by atoms with Gasteiger partial charge in [-0.25, -0.2) is 0 Å². The van der Waals surface area contributed by atoms with Crippen molar-refractivity contribution in [2.45, 2.75) is 32.7 Å².